The first-order valence-electron chi connectivity index (χ1n) is 10.1. The van der Waals surface area contributed by atoms with Gasteiger partial charge in [0, 0.05) is 35.5 Å². The Hall–Kier alpha value is -3.54. The Morgan fingerprint density at radius 2 is 2.03 bits per heavy atom. The third kappa shape index (κ3) is 4.54. The van der Waals surface area contributed by atoms with E-state index < -0.39 is 0 Å². The minimum Gasteiger partial charge on any atom is -0.493 e. The van der Waals surface area contributed by atoms with Gasteiger partial charge < -0.3 is 19.5 Å². The molecule has 0 radical (unpaired) electrons. The van der Waals surface area contributed by atoms with Crippen molar-refractivity contribution >= 4 is 5.91 Å². The first kappa shape index (κ1) is 19.8. The average Bonchev–Trinajstić information content (AvgIpc) is 2.79. The predicted octanol–water partition coefficient (Wildman–Crippen LogP) is 4.31. The number of hydrogen-bond donors (Lipinski definition) is 1. The van der Waals surface area contributed by atoms with E-state index in [1.807, 2.05) is 43.3 Å². The molecule has 154 valence electrons. The highest BCUT2D eigenvalue weighted by Crippen LogP contribution is 2.33. The van der Waals surface area contributed by atoms with Crippen molar-refractivity contribution in [1.29, 1.82) is 0 Å². The standard InChI is InChI=1S/C24H24N2O4/c1-2-28-23-14-18(9-10-22(23)30-16-17-6-5-12-25-15-17)24(27)26-20-11-13-29-21-8-4-3-7-19(20)21/h3-10,12,14-15,20H,2,11,13,16H2,1H3,(H,26,27). The van der Waals surface area contributed by atoms with Gasteiger partial charge in [-0.25, -0.2) is 0 Å². The minimum atomic E-state index is -0.156. The largest absolute Gasteiger partial charge is 0.493 e. The number of rotatable bonds is 7. The summed E-state index contributed by atoms with van der Waals surface area (Å²) in [5, 5.41) is 3.11. The van der Waals surface area contributed by atoms with Crippen molar-refractivity contribution in [3.8, 4) is 17.2 Å². The second kappa shape index (κ2) is 9.31. The Balaban J connectivity index is 1.49. The van der Waals surface area contributed by atoms with Gasteiger partial charge in [0.2, 0.25) is 0 Å². The van der Waals surface area contributed by atoms with E-state index in [2.05, 4.69) is 10.3 Å². The molecule has 0 aliphatic carbocycles. The fourth-order valence-corrected chi connectivity index (χ4v) is 3.42. The number of para-hydroxylation sites is 1. The Morgan fingerprint density at radius 1 is 1.13 bits per heavy atom. The molecule has 2 aromatic carbocycles. The molecule has 1 N–H and O–H groups in total. The van der Waals surface area contributed by atoms with Gasteiger partial charge in [-0.05, 0) is 37.3 Å². The number of ether oxygens (including phenoxy) is 3. The molecule has 2 heterocycles. The smallest absolute Gasteiger partial charge is 0.251 e. The van der Waals surface area contributed by atoms with Crippen LogP contribution in [0.2, 0.25) is 0 Å². The van der Waals surface area contributed by atoms with E-state index in [0.29, 0.717) is 36.9 Å². The second-order valence-electron chi connectivity index (χ2n) is 6.95. The van der Waals surface area contributed by atoms with Gasteiger partial charge in [0.1, 0.15) is 12.4 Å². The number of nitrogens with zero attached hydrogens (tertiary/aromatic N) is 1. The van der Waals surface area contributed by atoms with E-state index in [0.717, 1.165) is 23.3 Å². The fraction of sp³-hybridized carbons (Fsp3) is 0.250. The Morgan fingerprint density at radius 3 is 2.87 bits per heavy atom. The van der Waals surface area contributed by atoms with Crippen LogP contribution in [0.25, 0.3) is 0 Å². The zero-order chi connectivity index (χ0) is 20.8. The van der Waals surface area contributed by atoms with E-state index >= 15 is 0 Å². The van der Waals surface area contributed by atoms with E-state index in [-0.39, 0.29) is 11.9 Å². The highest BCUT2D eigenvalue weighted by atomic mass is 16.5. The maximum absolute atomic E-state index is 12.9. The quantitative estimate of drug-likeness (QED) is 0.635. The Kier molecular flexibility index (Phi) is 6.13. The van der Waals surface area contributed by atoms with Crippen LogP contribution in [0, 0.1) is 0 Å². The molecule has 6 heteroatoms. The van der Waals surface area contributed by atoms with Gasteiger partial charge >= 0.3 is 0 Å². The van der Waals surface area contributed by atoms with Crippen LogP contribution in [0.1, 0.15) is 40.9 Å². The molecule has 1 aliphatic heterocycles. The normalized spacial score (nSPS) is 14.9. The molecule has 0 saturated carbocycles. The molecule has 0 spiro atoms. The number of fused-ring (bicyclic) bond motifs is 1. The van der Waals surface area contributed by atoms with E-state index in [1.54, 1.807) is 30.6 Å². The van der Waals surface area contributed by atoms with Crippen molar-refractivity contribution in [2.45, 2.75) is 26.0 Å². The molecular weight excluding hydrogens is 380 g/mol. The highest BCUT2D eigenvalue weighted by Gasteiger charge is 2.23. The summed E-state index contributed by atoms with van der Waals surface area (Å²) < 4.78 is 17.3. The van der Waals surface area contributed by atoms with Crippen LogP contribution < -0.4 is 19.5 Å². The molecule has 0 saturated heterocycles. The molecule has 1 unspecified atom stereocenters. The van der Waals surface area contributed by atoms with E-state index in [9.17, 15) is 4.79 Å². The lowest BCUT2D eigenvalue weighted by molar-refractivity contribution is 0.0924. The van der Waals surface area contributed by atoms with Crippen LogP contribution >= 0.6 is 0 Å². The number of carbonyl (C=O) groups excluding carboxylic acids is 1. The summed E-state index contributed by atoms with van der Waals surface area (Å²) in [6, 6.07) is 16.8. The lowest BCUT2D eigenvalue weighted by atomic mass is 10.00. The molecule has 1 aromatic heterocycles. The number of carbonyl (C=O) groups is 1. The van der Waals surface area contributed by atoms with Crippen LogP contribution in [0.3, 0.4) is 0 Å². The first-order chi connectivity index (χ1) is 14.7. The SMILES string of the molecule is CCOc1cc(C(=O)NC2CCOc3ccccc32)ccc1OCc1cccnc1. The number of aromatic nitrogens is 1. The van der Waals surface area contributed by atoms with Crippen LogP contribution in [-0.4, -0.2) is 24.1 Å². The zero-order valence-electron chi connectivity index (χ0n) is 16.8. The first-order valence-corrected chi connectivity index (χ1v) is 10.1. The van der Waals surface area contributed by atoms with Crippen molar-refractivity contribution in [2.24, 2.45) is 0 Å². The van der Waals surface area contributed by atoms with Gasteiger partial charge in [0.25, 0.3) is 5.91 Å². The number of amides is 1. The molecule has 4 rings (SSSR count). The molecule has 0 fully saturated rings. The highest BCUT2D eigenvalue weighted by molar-refractivity contribution is 5.95. The summed E-state index contributed by atoms with van der Waals surface area (Å²) in [4.78, 5) is 17.0. The molecule has 3 aromatic rings. The van der Waals surface area contributed by atoms with Crippen molar-refractivity contribution in [3.05, 3.63) is 83.7 Å². The van der Waals surface area contributed by atoms with Gasteiger partial charge in [-0.3, -0.25) is 9.78 Å². The number of benzene rings is 2. The lowest BCUT2D eigenvalue weighted by Gasteiger charge is -2.26. The van der Waals surface area contributed by atoms with Crippen molar-refractivity contribution in [1.82, 2.24) is 10.3 Å². The molecule has 30 heavy (non-hydrogen) atoms. The number of pyridine rings is 1. The third-order valence-electron chi connectivity index (χ3n) is 4.89. The summed E-state index contributed by atoms with van der Waals surface area (Å²) >= 11 is 0. The molecular formula is C24H24N2O4. The van der Waals surface area contributed by atoms with Gasteiger partial charge in [-0.15, -0.1) is 0 Å². The Labute approximate surface area is 175 Å². The molecule has 1 aliphatic rings. The number of nitrogens with one attached hydrogen (secondary N) is 1. The summed E-state index contributed by atoms with van der Waals surface area (Å²) in [6.07, 6.45) is 4.21. The number of hydrogen-bond acceptors (Lipinski definition) is 5. The average molecular weight is 404 g/mol. The molecule has 1 amide bonds. The zero-order valence-corrected chi connectivity index (χ0v) is 16.8. The van der Waals surface area contributed by atoms with Crippen molar-refractivity contribution < 1.29 is 19.0 Å². The minimum absolute atomic E-state index is 0.0838. The fourth-order valence-electron chi connectivity index (χ4n) is 3.42. The molecule has 0 bridgehead atoms. The Bertz CT molecular complexity index is 1010. The lowest BCUT2D eigenvalue weighted by Crippen LogP contribution is -2.32. The van der Waals surface area contributed by atoms with Gasteiger partial charge in [-0.1, -0.05) is 24.3 Å². The van der Waals surface area contributed by atoms with Crippen molar-refractivity contribution in [2.75, 3.05) is 13.2 Å². The molecule has 1 atom stereocenters. The van der Waals surface area contributed by atoms with E-state index in [1.165, 1.54) is 0 Å². The molecule has 6 nitrogen and oxygen atoms in total. The maximum atomic E-state index is 12.9. The monoisotopic (exact) mass is 404 g/mol. The maximum Gasteiger partial charge on any atom is 0.251 e. The summed E-state index contributed by atoms with van der Waals surface area (Å²) in [7, 11) is 0. The van der Waals surface area contributed by atoms with Crippen LogP contribution in [0.5, 0.6) is 17.2 Å². The predicted molar refractivity (Wildman–Crippen MR) is 113 cm³/mol. The summed E-state index contributed by atoms with van der Waals surface area (Å²) in [6.45, 7) is 3.32. The van der Waals surface area contributed by atoms with Crippen molar-refractivity contribution in [3.63, 3.8) is 0 Å². The van der Waals surface area contributed by atoms with Crippen LogP contribution in [0.4, 0.5) is 0 Å². The third-order valence-corrected chi connectivity index (χ3v) is 4.89. The summed E-state index contributed by atoms with van der Waals surface area (Å²) in [5.74, 6) is 1.80. The summed E-state index contributed by atoms with van der Waals surface area (Å²) in [5.41, 5.74) is 2.48. The van der Waals surface area contributed by atoms with Crippen LogP contribution in [0.15, 0.2) is 67.0 Å². The van der Waals surface area contributed by atoms with Gasteiger partial charge in [0.15, 0.2) is 11.5 Å². The van der Waals surface area contributed by atoms with E-state index in [4.69, 9.17) is 14.2 Å². The topological polar surface area (TPSA) is 69.7 Å². The van der Waals surface area contributed by atoms with Gasteiger partial charge in [0.05, 0.1) is 19.3 Å². The van der Waals surface area contributed by atoms with Crippen LogP contribution in [-0.2, 0) is 6.61 Å². The second-order valence-corrected chi connectivity index (χ2v) is 6.95. The van der Waals surface area contributed by atoms with Gasteiger partial charge in [-0.2, -0.15) is 0 Å².